The molecule has 4 heteroatoms. The highest BCUT2D eigenvalue weighted by Crippen LogP contribution is 2.28. The van der Waals surface area contributed by atoms with Crippen molar-refractivity contribution in [3.63, 3.8) is 0 Å². The van der Waals surface area contributed by atoms with Crippen LogP contribution in [0.2, 0.25) is 0 Å². The van der Waals surface area contributed by atoms with E-state index in [9.17, 15) is 0 Å². The first kappa shape index (κ1) is 14.2. The molecule has 2 N–H and O–H groups in total. The number of aromatic nitrogens is 2. The van der Waals surface area contributed by atoms with Crippen molar-refractivity contribution in [2.45, 2.75) is 58.3 Å². The van der Waals surface area contributed by atoms with Crippen molar-refractivity contribution in [1.29, 1.82) is 0 Å². The van der Waals surface area contributed by atoms with Crippen molar-refractivity contribution in [3.05, 3.63) is 18.0 Å². The molecule has 98 valence electrons. The van der Waals surface area contributed by atoms with E-state index >= 15 is 0 Å². The van der Waals surface area contributed by atoms with Crippen molar-refractivity contribution in [1.82, 2.24) is 9.78 Å². The SMILES string of the molecule is CCC(N)C(OC(C)(C)CC)c1cnn(C)c1. The molecule has 0 aliphatic rings. The van der Waals surface area contributed by atoms with E-state index in [-0.39, 0.29) is 17.7 Å². The minimum atomic E-state index is -0.159. The molecule has 4 nitrogen and oxygen atoms in total. The largest absolute Gasteiger partial charge is 0.366 e. The summed E-state index contributed by atoms with van der Waals surface area (Å²) in [4.78, 5) is 0. The Hall–Kier alpha value is -0.870. The molecular weight excluding hydrogens is 214 g/mol. The van der Waals surface area contributed by atoms with Gasteiger partial charge in [0.15, 0.2) is 0 Å². The van der Waals surface area contributed by atoms with E-state index in [0.717, 1.165) is 18.4 Å². The molecule has 2 unspecified atom stereocenters. The van der Waals surface area contributed by atoms with Crippen molar-refractivity contribution in [2.75, 3.05) is 0 Å². The summed E-state index contributed by atoms with van der Waals surface area (Å²) >= 11 is 0. The van der Waals surface area contributed by atoms with Gasteiger partial charge in [-0.2, -0.15) is 5.10 Å². The molecule has 2 atom stereocenters. The van der Waals surface area contributed by atoms with Crippen LogP contribution in [0.5, 0.6) is 0 Å². The number of rotatable bonds is 6. The lowest BCUT2D eigenvalue weighted by molar-refractivity contribution is -0.0858. The van der Waals surface area contributed by atoms with E-state index in [0.29, 0.717) is 0 Å². The molecule has 0 aliphatic heterocycles. The van der Waals surface area contributed by atoms with E-state index < -0.39 is 0 Å². The van der Waals surface area contributed by atoms with Crippen LogP contribution >= 0.6 is 0 Å². The average Bonchev–Trinajstić information content (AvgIpc) is 2.71. The van der Waals surface area contributed by atoms with Crippen molar-refractivity contribution in [2.24, 2.45) is 12.8 Å². The number of ether oxygens (including phenoxy) is 1. The second-order valence-electron chi connectivity index (χ2n) is 5.17. The first-order valence-corrected chi connectivity index (χ1v) is 6.31. The molecule has 1 heterocycles. The first-order chi connectivity index (χ1) is 7.89. The van der Waals surface area contributed by atoms with Gasteiger partial charge in [0, 0.05) is 24.8 Å². The van der Waals surface area contributed by atoms with Gasteiger partial charge in [-0.25, -0.2) is 0 Å². The molecule has 0 saturated carbocycles. The van der Waals surface area contributed by atoms with Crippen LogP contribution in [0.1, 0.15) is 52.2 Å². The third-order valence-electron chi connectivity index (χ3n) is 3.21. The number of hydrogen-bond acceptors (Lipinski definition) is 3. The Kier molecular flexibility index (Phi) is 4.71. The fraction of sp³-hybridized carbons (Fsp3) is 0.769. The number of nitrogens with zero attached hydrogens (tertiary/aromatic N) is 2. The van der Waals surface area contributed by atoms with Crippen LogP contribution in [0, 0.1) is 0 Å². The topological polar surface area (TPSA) is 53.1 Å². The highest BCUT2D eigenvalue weighted by Gasteiger charge is 2.27. The van der Waals surface area contributed by atoms with Gasteiger partial charge >= 0.3 is 0 Å². The summed E-state index contributed by atoms with van der Waals surface area (Å²) in [7, 11) is 1.91. The molecule has 0 saturated heterocycles. The van der Waals surface area contributed by atoms with Crippen LogP contribution in [0.25, 0.3) is 0 Å². The molecule has 17 heavy (non-hydrogen) atoms. The molecule has 0 spiro atoms. The van der Waals surface area contributed by atoms with Crippen LogP contribution in [-0.2, 0) is 11.8 Å². The smallest absolute Gasteiger partial charge is 0.101 e. The van der Waals surface area contributed by atoms with E-state index in [1.807, 2.05) is 19.4 Å². The Morgan fingerprint density at radius 3 is 2.53 bits per heavy atom. The summed E-state index contributed by atoms with van der Waals surface area (Å²) in [5.41, 5.74) is 7.06. The van der Waals surface area contributed by atoms with E-state index in [4.69, 9.17) is 10.5 Å². The zero-order valence-electron chi connectivity index (χ0n) is 11.6. The Bertz CT molecular complexity index is 346. The maximum absolute atomic E-state index is 6.16. The molecular formula is C13H25N3O. The lowest BCUT2D eigenvalue weighted by atomic mass is 10.0. The number of nitrogens with two attached hydrogens (primary N) is 1. The monoisotopic (exact) mass is 239 g/mol. The Morgan fingerprint density at radius 2 is 2.12 bits per heavy atom. The number of aryl methyl sites for hydroxylation is 1. The minimum absolute atomic E-state index is 0.00465. The summed E-state index contributed by atoms with van der Waals surface area (Å²) in [5.74, 6) is 0. The van der Waals surface area contributed by atoms with Crippen molar-refractivity contribution in [3.8, 4) is 0 Å². The average molecular weight is 239 g/mol. The van der Waals surface area contributed by atoms with E-state index in [1.165, 1.54) is 0 Å². The predicted octanol–water partition coefficient (Wildman–Crippen LogP) is 2.40. The van der Waals surface area contributed by atoms with Crippen LogP contribution in [-0.4, -0.2) is 21.4 Å². The Labute approximate surface area is 104 Å². The Morgan fingerprint density at radius 1 is 1.47 bits per heavy atom. The molecule has 0 radical (unpaired) electrons. The lowest BCUT2D eigenvalue weighted by Crippen LogP contribution is -2.36. The van der Waals surface area contributed by atoms with Gasteiger partial charge in [-0.15, -0.1) is 0 Å². The normalized spacial score (nSPS) is 15.9. The second kappa shape index (κ2) is 5.65. The zero-order valence-corrected chi connectivity index (χ0v) is 11.6. The molecule has 1 aromatic heterocycles. The quantitative estimate of drug-likeness (QED) is 0.829. The molecule has 0 aliphatic carbocycles. The summed E-state index contributed by atoms with van der Waals surface area (Å²) in [6, 6.07) is 0.00465. The summed E-state index contributed by atoms with van der Waals surface area (Å²) in [6.45, 7) is 8.39. The van der Waals surface area contributed by atoms with Crippen LogP contribution in [0.4, 0.5) is 0 Å². The van der Waals surface area contributed by atoms with Gasteiger partial charge in [0.1, 0.15) is 6.10 Å². The van der Waals surface area contributed by atoms with Crippen molar-refractivity contribution < 1.29 is 4.74 Å². The zero-order chi connectivity index (χ0) is 13.1. The first-order valence-electron chi connectivity index (χ1n) is 6.31. The van der Waals surface area contributed by atoms with Crippen molar-refractivity contribution >= 4 is 0 Å². The second-order valence-corrected chi connectivity index (χ2v) is 5.17. The molecule has 0 fully saturated rings. The van der Waals surface area contributed by atoms with Gasteiger partial charge in [-0.1, -0.05) is 13.8 Å². The summed E-state index contributed by atoms with van der Waals surface area (Å²) < 4.78 is 7.95. The maximum atomic E-state index is 6.16. The Balaban J connectivity index is 2.89. The van der Waals surface area contributed by atoms with Crippen LogP contribution < -0.4 is 5.73 Å². The molecule has 0 bridgehead atoms. The van der Waals surface area contributed by atoms with Gasteiger partial charge < -0.3 is 10.5 Å². The van der Waals surface area contributed by atoms with E-state index in [2.05, 4.69) is 32.8 Å². The third-order valence-corrected chi connectivity index (χ3v) is 3.21. The summed E-state index contributed by atoms with van der Waals surface area (Å²) in [6.07, 6.45) is 5.58. The predicted molar refractivity (Wildman–Crippen MR) is 69.7 cm³/mol. The fourth-order valence-electron chi connectivity index (χ4n) is 1.63. The molecule has 0 amide bonds. The van der Waals surface area contributed by atoms with Gasteiger partial charge in [0.2, 0.25) is 0 Å². The fourth-order valence-corrected chi connectivity index (χ4v) is 1.63. The van der Waals surface area contributed by atoms with Gasteiger partial charge in [-0.05, 0) is 26.7 Å². The van der Waals surface area contributed by atoms with E-state index in [1.54, 1.807) is 4.68 Å². The van der Waals surface area contributed by atoms with Gasteiger partial charge in [0.05, 0.1) is 11.8 Å². The van der Waals surface area contributed by atoms with Gasteiger partial charge in [0.25, 0.3) is 0 Å². The molecule has 1 aromatic rings. The molecule has 0 aromatic carbocycles. The van der Waals surface area contributed by atoms with Gasteiger partial charge in [-0.3, -0.25) is 4.68 Å². The standard InChI is InChI=1S/C13H25N3O/c1-6-11(14)12(17-13(3,4)7-2)10-8-15-16(5)9-10/h8-9,11-12H,6-7,14H2,1-5H3. The third kappa shape index (κ3) is 3.82. The summed E-state index contributed by atoms with van der Waals surface area (Å²) in [5, 5.41) is 4.19. The highest BCUT2D eigenvalue weighted by molar-refractivity contribution is 5.11. The number of hydrogen-bond donors (Lipinski definition) is 1. The minimum Gasteiger partial charge on any atom is -0.366 e. The molecule has 1 rings (SSSR count). The van der Waals surface area contributed by atoms with Crippen LogP contribution in [0.3, 0.4) is 0 Å². The highest BCUT2D eigenvalue weighted by atomic mass is 16.5. The van der Waals surface area contributed by atoms with Crippen LogP contribution in [0.15, 0.2) is 12.4 Å². The lowest BCUT2D eigenvalue weighted by Gasteiger charge is -2.32. The maximum Gasteiger partial charge on any atom is 0.101 e.